The molecule has 0 aromatic carbocycles. The third-order valence-corrected chi connectivity index (χ3v) is 1.63. The highest BCUT2D eigenvalue weighted by molar-refractivity contribution is 5.82. The standard InChI is InChI=1S/C10H14N6O2/c1-10(2,3)18-9(17)15-8-12-4-7(5-13-8)6-14-16-11/h4-5H,6H2,1-3H3,(H,12,13,15,17). The predicted molar refractivity (Wildman–Crippen MR) is 64.7 cm³/mol. The molecule has 0 unspecified atom stereocenters. The Morgan fingerprint density at radius 1 is 1.50 bits per heavy atom. The van der Waals surface area contributed by atoms with Gasteiger partial charge in [0.15, 0.2) is 0 Å². The number of hydrogen-bond acceptors (Lipinski definition) is 5. The van der Waals surface area contributed by atoms with Crippen LogP contribution in [0.3, 0.4) is 0 Å². The summed E-state index contributed by atoms with van der Waals surface area (Å²) in [6.45, 7) is 5.45. The van der Waals surface area contributed by atoms with Gasteiger partial charge in [-0.25, -0.2) is 14.8 Å². The summed E-state index contributed by atoms with van der Waals surface area (Å²) in [4.78, 5) is 21.8. The second-order valence-electron chi connectivity index (χ2n) is 4.43. The number of anilines is 1. The van der Waals surface area contributed by atoms with Crippen molar-refractivity contribution in [2.45, 2.75) is 32.9 Å². The number of ether oxygens (including phenoxy) is 1. The first-order valence-corrected chi connectivity index (χ1v) is 5.22. The zero-order chi connectivity index (χ0) is 13.6. The molecule has 96 valence electrons. The number of amides is 1. The van der Waals surface area contributed by atoms with E-state index in [4.69, 9.17) is 10.3 Å². The van der Waals surface area contributed by atoms with Gasteiger partial charge in [0.1, 0.15) is 5.60 Å². The Kier molecular flexibility index (Phi) is 4.45. The minimum atomic E-state index is -0.620. The summed E-state index contributed by atoms with van der Waals surface area (Å²) in [5.41, 5.74) is 8.23. The summed E-state index contributed by atoms with van der Waals surface area (Å²) in [5.74, 6) is 0.133. The predicted octanol–water partition coefficient (Wildman–Crippen LogP) is 2.63. The van der Waals surface area contributed by atoms with Gasteiger partial charge in [-0.3, -0.25) is 5.32 Å². The van der Waals surface area contributed by atoms with Gasteiger partial charge in [0.05, 0.1) is 6.54 Å². The van der Waals surface area contributed by atoms with E-state index in [0.717, 1.165) is 0 Å². The van der Waals surface area contributed by atoms with E-state index in [2.05, 4.69) is 25.3 Å². The maximum absolute atomic E-state index is 11.4. The van der Waals surface area contributed by atoms with Crippen molar-refractivity contribution in [1.29, 1.82) is 0 Å². The number of aromatic nitrogens is 2. The Hall–Kier alpha value is -2.34. The van der Waals surface area contributed by atoms with E-state index in [1.54, 1.807) is 20.8 Å². The Labute approximate surface area is 104 Å². The lowest BCUT2D eigenvalue weighted by Gasteiger charge is -2.19. The third kappa shape index (κ3) is 5.13. The molecule has 0 radical (unpaired) electrons. The smallest absolute Gasteiger partial charge is 0.414 e. The highest BCUT2D eigenvalue weighted by atomic mass is 16.6. The van der Waals surface area contributed by atoms with Gasteiger partial charge in [-0.1, -0.05) is 5.11 Å². The number of nitrogens with one attached hydrogen (secondary N) is 1. The first kappa shape index (κ1) is 13.7. The molecule has 0 fully saturated rings. The molecule has 8 heteroatoms. The largest absolute Gasteiger partial charge is 0.444 e. The van der Waals surface area contributed by atoms with E-state index in [0.29, 0.717) is 5.56 Å². The fraction of sp³-hybridized carbons (Fsp3) is 0.500. The summed E-state index contributed by atoms with van der Waals surface area (Å²) in [6.07, 6.45) is 2.31. The van der Waals surface area contributed by atoms with Gasteiger partial charge >= 0.3 is 6.09 Å². The molecule has 18 heavy (non-hydrogen) atoms. The van der Waals surface area contributed by atoms with Crippen molar-refractivity contribution in [3.63, 3.8) is 0 Å². The Morgan fingerprint density at radius 3 is 2.61 bits per heavy atom. The number of azide groups is 1. The lowest BCUT2D eigenvalue weighted by Crippen LogP contribution is -2.27. The molecule has 0 saturated heterocycles. The Bertz CT molecular complexity index is 458. The number of hydrogen-bond donors (Lipinski definition) is 1. The van der Waals surface area contributed by atoms with Gasteiger partial charge < -0.3 is 4.74 Å². The fourth-order valence-corrected chi connectivity index (χ4v) is 1.01. The molecule has 0 atom stereocenters. The summed E-state index contributed by atoms with van der Waals surface area (Å²) in [7, 11) is 0. The SMILES string of the molecule is CC(C)(C)OC(=O)Nc1ncc(CN=[N+]=[N-])cn1. The molecule has 0 aliphatic heterocycles. The van der Waals surface area contributed by atoms with Crippen molar-refractivity contribution in [2.75, 3.05) is 5.32 Å². The van der Waals surface area contributed by atoms with Gasteiger partial charge in [0, 0.05) is 17.3 Å². The zero-order valence-electron chi connectivity index (χ0n) is 10.4. The molecule has 1 heterocycles. The molecule has 0 aliphatic rings. The summed E-state index contributed by atoms with van der Waals surface area (Å²) >= 11 is 0. The normalized spacial score (nSPS) is 10.4. The summed E-state index contributed by atoms with van der Waals surface area (Å²) < 4.78 is 5.04. The number of rotatable bonds is 3. The molecule has 0 saturated carbocycles. The molecular formula is C10H14N6O2. The average molecular weight is 250 g/mol. The molecule has 8 nitrogen and oxygen atoms in total. The topological polar surface area (TPSA) is 113 Å². The lowest BCUT2D eigenvalue weighted by atomic mass is 10.2. The quantitative estimate of drug-likeness (QED) is 0.504. The van der Waals surface area contributed by atoms with Gasteiger partial charge in [0.25, 0.3) is 0 Å². The molecule has 1 rings (SSSR count). The number of carbonyl (C=O) groups excluding carboxylic acids is 1. The van der Waals surface area contributed by atoms with E-state index in [9.17, 15) is 4.79 Å². The molecule has 0 aliphatic carbocycles. The van der Waals surface area contributed by atoms with E-state index in [1.807, 2.05) is 0 Å². The van der Waals surface area contributed by atoms with Crippen molar-refractivity contribution < 1.29 is 9.53 Å². The Morgan fingerprint density at radius 2 is 2.11 bits per heavy atom. The molecule has 1 aromatic rings. The zero-order valence-corrected chi connectivity index (χ0v) is 10.4. The van der Waals surface area contributed by atoms with Crippen LogP contribution in [-0.4, -0.2) is 21.7 Å². The highest BCUT2D eigenvalue weighted by Gasteiger charge is 2.16. The van der Waals surface area contributed by atoms with Gasteiger partial charge in [0.2, 0.25) is 5.95 Å². The second kappa shape index (κ2) is 5.83. The van der Waals surface area contributed by atoms with Gasteiger partial charge in [-0.05, 0) is 31.9 Å². The van der Waals surface area contributed by atoms with Crippen LogP contribution >= 0.6 is 0 Å². The van der Waals surface area contributed by atoms with Crippen LogP contribution < -0.4 is 5.32 Å². The fourth-order valence-electron chi connectivity index (χ4n) is 1.01. The third-order valence-electron chi connectivity index (χ3n) is 1.63. The average Bonchev–Trinajstić information content (AvgIpc) is 2.25. The molecular weight excluding hydrogens is 236 g/mol. The maximum Gasteiger partial charge on any atom is 0.414 e. The van der Waals surface area contributed by atoms with Crippen LogP contribution in [0, 0.1) is 0 Å². The van der Waals surface area contributed by atoms with Crippen molar-refractivity contribution in [1.82, 2.24) is 9.97 Å². The van der Waals surface area contributed by atoms with Gasteiger partial charge in [-0.2, -0.15) is 0 Å². The van der Waals surface area contributed by atoms with Crippen LogP contribution in [0.4, 0.5) is 10.7 Å². The monoisotopic (exact) mass is 250 g/mol. The molecule has 1 N–H and O–H groups in total. The Balaban J connectivity index is 2.58. The van der Waals surface area contributed by atoms with Crippen molar-refractivity contribution in [3.05, 3.63) is 28.4 Å². The molecule has 1 aromatic heterocycles. The van der Waals surface area contributed by atoms with Crippen molar-refractivity contribution in [2.24, 2.45) is 5.11 Å². The minimum Gasteiger partial charge on any atom is -0.444 e. The highest BCUT2D eigenvalue weighted by Crippen LogP contribution is 2.09. The molecule has 1 amide bonds. The van der Waals surface area contributed by atoms with E-state index in [-0.39, 0.29) is 12.5 Å². The molecule has 0 bridgehead atoms. The van der Waals surface area contributed by atoms with E-state index in [1.165, 1.54) is 12.4 Å². The van der Waals surface area contributed by atoms with Crippen LogP contribution in [0.25, 0.3) is 10.4 Å². The first-order chi connectivity index (χ1) is 8.40. The summed E-state index contributed by atoms with van der Waals surface area (Å²) in [6, 6.07) is 0. The van der Waals surface area contributed by atoms with Crippen molar-refractivity contribution in [3.8, 4) is 0 Å². The summed E-state index contributed by atoms with van der Waals surface area (Å²) in [5, 5.41) is 5.76. The lowest BCUT2D eigenvalue weighted by molar-refractivity contribution is 0.0634. The van der Waals surface area contributed by atoms with E-state index < -0.39 is 11.7 Å². The maximum atomic E-state index is 11.4. The second-order valence-corrected chi connectivity index (χ2v) is 4.43. The minimum absolute atomic E-state index is 0.133. The number of nitrogens with zero attached hydrogens (tertiary/aromatic N) is 5. The molecule has 0 spiro atoms. The van der Waals surface area contributed by atoms with Crippen molar-refractivity contribution >= 4 is 12.0 Å². The van der Waals surface area contributed by atoms with Crippen LogP contribution in [-0.2, 0) is 11.3 Å². The van der Waals surface area contributed by atoms with Gasteiger partial charge in [-0.15, -0.1) is 0 Å². The number of carbonyl (C=O) groups is 1. The van der Waals surface area contributed by atoms with E-state index >= 15 is 0 Å². The van der Waals surface area contributed by atoms with Crippen LogP contribution in [0.2, 0.25) is 0 Å². The first-order valence-electron chi connectivity index (χ1n) is 5.22. The van der Waals surface area contributed by atoms with Crippen LogP contribution in [0.5, 0.6) is 0 Å². The van der Waals surface area contributed by atoms with Crippen LogP contribution in [0.1, 0.15) is 26.3 Å². The van der Waals surface area contributed by atoms with Crippen LogP contribution in [0.15, 0.2) is 17.5 Å².